The van der Waals surface area contributed by atoms with Crippen LogP contribution in [0, 0.1) is 0 Å². The predicted octanol–water partition coefficient (Wildman–Crippen LogP) is 1.31. The SMILES string of the molecule is CN(CCNS(=O)(=O)CCC1CCCCN1)C1CCCC1. The maximum absolute atomic E-state index is 12.0. The largest absolute Gasteiger partial charge is 0.314 e. The average Bonchev–Trinajstić information content (AvgIpc) is 3.00. The van der Waals surface area contributed by atoms with E-state index in [0.29, 0.717) is 18.6 Å². The molecule has 0 aromatic carbocycles. The molecule has 1 saturated heterocycles. The fourth-order valence-electron chi connectivity index (χ4n) is 3.45. The van der Waals surface area contributed by atoms with Crippen molar-refractivity contribution < 1.29 is 8.42 Å². The predicted molar refractivity (Wildman–Crippen MR) is 86.9 cm³/mol. The van der Waals surface area contributed by atoms with E-state index in [4.69, 9.17) is 0 Å². The Hall–Kier alpha value is -0.170. The molecule has 6 heteroatoms. The summed E-state index contributed by atoms with van der Waals surface area (Å²) in [6.07, 6.45) is 9.43. The van der Waals surface area contributed by atoms with Crippen LogP contribution in [0.4, 0.5) is 0 Å². The van der Waals surface area contributed by atoms with Crippen molar-refractivity contribution in [1.29, 1.82) is 0 Å². The maximum atomic E-state index is 12.0. The van der Waals surface area contributed by atoms with E-state index >= 15 is 0 Å². The Kier molecular flexibility index (Phi) is 6.92. The summed E-state index contributed by atoms with van der Waals surface area (Å²) in [5, 5.41) is 3.40. The van der Waals surface area contributed by atoms with Gasteiger partial charge < -0.3 is 10.2 Å². The van der Waals surface area contributed by atoms with E-state index < -0.39 is 10.0 Å². The van der Waals surface area contributed by atoms with Crippen LogP contribution in [0.1, 0.15) is 51.4 Å². The normalized spacial score (nSPS) is 24.8. The Morgan fingerprint density at radius 3 is 2.52 bits per heavy atom. The summed E-state index contributed by atoms with van der Waals surface area (Å²) < 4.78 is 26.8. The third-order valence-electron chi connectivity index (χ3n) is 4.88. The first kappa shape index (κ1) is 17.2. The molecule has 1 unspecified atom stereocenters. The minimum atomic E-state index is -3.12. The molecular weight excluding hydrogens is 286 g/mol. The minimum Gasteiger partial charge on any atom is -0.314 e. The smallest absolute Gasteiger partial charge is 0.211 e. The van der Waals surface area contributed by atoms with Crippen LogP contribution in [0.3, 0.4) is 0 Å². The van der Waals surface area contributed by atoms with Gasteiger partial charge in [0.2, 0.25) is 10.0 Å². The van der Waals surface area contributed by atoms with E-state index in [1.165, 1.54) is 38.5 Å². The number of hydrogen-bond donors (Lipinski definition) is 2. The summed E-state index contributed by atoms with van der Waals surface area (Å²) in [6.45, 7) is 2.38. The standard InChI is InChI=1S/C15H31N3O2S/c1-18(15-7-2-3-8-15)12-11-17-21(19,20)13-9-14-6-4-5-10-16-14/h14-17H,2-13H2,1H3. The van der Waals surface area contributed by atoms with Crippen molar-refractivity contribution in [3.05, 3.63) is 0 Å². The van der Waals surface area contributed by atoms with Gasteiger partial charge in [-0.1, -0.05) is 19.3 Å². The van der Waals surface area contributed by atoms with Gasteiger partial charge in [0, 0.05) is 25.2 Å². The molecule has 1 heterocycles. The molecule has 2 fully saturated rings. The fourth-order valence-corrected chi connectivity index (χ4v) is 4.59. The van der Waals surface area contributed by atoms with Gasteiger partial charge in [0.05, 0.1) is 5.75 Å². The van der Waals surface area contributed by atoms with Crippen LogP contribution in [0.5, 0.6) is 0 Å². The summed E-state index contributed by atoms with van der Waals surface area (Å²) in [4.78, 5) is 2.30. The zero-order valence-electron chi connectivity index (χ0n) is 13.3. The number of nitrogens with one attached hydrogen (secondary N) is 2. The molecule has 0 bridgehead atoms. The van der Waals surface area contributed by atoms with E-state index in [0.717, 1.165) is 25.9 Å². The van der Waals surface area contributed by atoms with Crippen LogP contribution < -0.4 is 10.0 Å². The van der Waals surface area contributed by atoms with Crippen LogP contribution in [0.15, 0.2) is 0 Å². The summed E-state index contributed by atoms with van der Waals surface area (Å²) in [5.41, 5.74) is 0. The molecule has 0 aromatic heterocycles. The number of likely N-dealkylation sites (N-methyl/N-ethyl adjacent to an activating group) is 1. The van der Waals surface area contributed by atoms with E-state index in [1.54, 1.807) is 0 Å². The van der Waals surface area contributed by atoms with E-state index in [-0.39, 0.29) is 5.75 Å². The summed E-state index contributed by atoms with van der Waals surface area (Å²) in [5.74, 6) is 0.248. The Labute approximate surface area is 129 Å². The molecule has 0 aromatic rings. The van der Waals surface area contributed by atoms with Crippen molar-refractivity contribution >= 4 is 10.0 Å². The minimum absolute atomic E-state index is 0.248. The van der Waals surface area contributed by atoms with Gasteiger partial charge in [-0.25, -0.2) is 13.1 Å². The number of sulfonamides is 1. The third-order valence-corrected chi connectivity index (χ3v) is 6.30. The topological polar surface area (TPSA) is 61.4 Å². The van der Waals surface area contributed by atoms with Gasteiger partial charge in [0.1, 0.15) is 0 Å². The molecule has 2 N–H and O–H groups in total. The van der Waals surface area contributed by atoms with Crippen molar-refractivity contribution in [3.63, 3.8) is 0 Å². The molecule has 1 aliphatic carbocycles. The lowest BCUT2D eigenvalue weighted by molar-refractivity contribution is 0.250. The highest BCUT2D eigenvalue weighted by molar-refractivity contribution is 7.89. The van der Waals surface area contributed by atoms with E-state index in [2.05, 4.69) is 22.0 Å². The average molecular weight is 317 g/mol. The maximum Gasteiger partial charge on any atom is 0.211 e. The lowest BCUT2D eigenvalue weighted by Crippen LogP contribution is -2.40. The van der Waals surface area contributed by atoms with Crippen LogP contribution in [0.2, 0.25) is 0 Å². The number of rotatable bonds is 8. The lowest BCUT2D eigenvalue weighted by Gasteiger charge is -2.24. The zero-order chi connectivity index (χ0) is 15.1. The highest BCUT2D eigenvalue weighted by Crippen LogP contribution is 2.21. The summed E-state index contributed by atoms with van der Waals surface area (Å²) >= 11 is 0. The van der Waals surface area contributed by atoms with Gasteiger partial charge >= 0.3 is 0 Å². The number of piperidine rings is 1. The van der Waals surface area contributed by atoms with Crippen molar-refractivity contribution in [2.24, 2.45) is 0 Å². The molecule has 0 radical (unpaired) electrons. The highest BCUT2D eigenvalue weighted by Gasteiger charge is 2.20. The van der Waals surface area contributed by atoms with Crippen LogP contribution in [-0.4, -0.2) is 57.8 Å². The highest BCUT2D eigenvalue weighted by atomic mass is 32.2. The Balaban J connectivity index is 1.61. The first-order chi connectivity index (χ1) is 10.1. The molecular formula is C15H31N3O2S. The Morgan fingerprint density at radius 2 is 1.86 bits per heavy atom. The molecule has 5 nitrogen and oxygen atoms in total. The first-order valence-electron chi connectivity index (χ1n) is 8.48. The summed E-state index contributed by atoms with van der Waals surface area (Å²) in [7, 11) is -1.01. The van der Waals surface area contributed by atoms with Crippen molar-refractivity contribution in [2.75, 3.05) is 32.4 Å². The van der Waals surface area contributed by atoms with Gasteiger partial charge in [-0.15, -0.1) is 0 Å². The van der Waals surface area contributed by atoms with Crippen molar-refractivity contribution in [2.45, 2.75) is 63.5 Å². The molecule has 1 aliphatic heterocycles. The quantitative estimate of drug-likeness (QED) is 0.709. The second-order valence-electron chi connectivity index (χ2n) is 6.57. The Bertz CT molecular complexity index is 388. The van der Waals surface area contributed by atoms with Gasteiger partial charge in [0.15, 0.2) is 0 Å². The lowest BCUT2D eigenvalue weighted by atomic mass is 10.0. The second-order valence-corrected chi connectivity index (χ2v) is 8.49. The molecule has 1 saturated carbocycles. The van der Waals surface area contributed by atoms with E-state index in [1.807, 2.05) is 0 Å². The monoisotopic (exact) mass is 317 g/mol. The molecule has 1 atom stereocenters. The fraction of sp³-hybridized carbons (Fsp3) is 1.00. The van der Waals surface area contributed by atoms with E-state index in [9.17, 15) is 8.42 Å². The van der Waals surface area contributed by atoms with Gasteiger partial charge in [-0.05, 0) is 45.7 Å². The number of hydrogen-bond acceptors (Lipinski definition) is 4. The van der Waals surface area contributed by atoms with Crippen LogP contribution in [0.25, 0.3) is 0 Å². The zero-order valence-corrected chi connectivity index (χ0v) is 14.1. The summed E-state index contributed by atoms with van der Waals surface area (Å²) in [6, 6.07) is 1.04. The number of nitrogens with zero attached hydrogens (tertiary/aromatic N) is 1. The van der Waals surface area contributed by atoms with Crippen molar-refractivity contribution in [3.8, 4) is 0 Å². The van der Waals surface area contributed by atoms with Crippen LogP contribution in [-0.2, 0) is 10.0 Å². The molecule has 21 heavy (non-hydrogen) atoms. The van der Waals surface area contributed by atoms with Gasteiger partial charge in [-0.2, -0.15) is 0 Å². The van der Waals surface area contributed by atoms with Gasteiger partial charge in [-0.3, -0.25) is 0 Å². The van der Waals surface area contributed by atoms with Crippen molar-refractivity contribution in [1.82, 2.24) is 14.9 Å². The molecule has 124 valence electrons. The molecule has 2 rings (SSSR count). The van der Waals surface area contributed by atoms with Crippen LogP contribution >= 0.6 is 0 Å². The molecule has 2 aliphatic rings. The Morgan fingerprint density at radius 1 is 1.14 bits per heavy atom. The second kappa shape index (κ2) is 8.46. The molecule has 0 amide bonds. The first-order valence-corrected chi connectivity index (χ1v) is 10.1. The third kappa shape index (κ3) is 6.22. The van der Waals surface area contributed by atoms with Gasteiger partial charge in [0.25, 0.3) is 0 Å². The molecule has 0 spiro atoms.